The number of benzene rings is 2. The molecule has 0 radical (unpaired) electrons. The van der Waals surface area contributed by atoms with Crippen molar-refractivity contribution in [3.63, 3.8) is 0 Å². The van der Waals surface area contributed by atoms with E-state index in [1.54, 1.807) is 4.68 Å². The Morgan fingerprint density at radius 2 is 1.69 bits per heavy atom. The Morgan fingerprint density at radius 1 is 1.00 bits per heavy atom. The smallest absolute Gasteiger partial charge is 0.317 e. The van der Waals surface area contributed by atoms with Crippen LogP contribution in [0.4, 0.5) is 0 Å². The van der Waals surface area contributed by atoms with Crippen molar-refractivity contribution in [1.82, 2.24) is 9.78 Å². The summed E-state index contributed by atoms with van der Waals surface area (Å²) in [7, 11) is 0. The summed E-state index contributed by atoms with van der Waals surface area (Å²) in [6.07, 6.45) is 0. The molecule has 0 saturated heterocycles. The lowest BCUT2D eigenvalue weighted by molar-refractivity contribution is -0.143. The van der Waals surface area contributed by atoms with Crippen LogP contribution in [-0.4, -0.2) is 15.7 Å². The van der Waals surface area contributed by atoms with Gasteiger partial charge in [-0.05, 0) is 51.8 Å². The van der Waals surface area contributed by atoms with E-state index >= 15 is 0 Å². The van der Waals surface area contributed by atoms with Crippen LogP contribution in [0.3, 0.4) is 0 Å². The van der Waals surface area contributed by atoms with Crippen molar-refractivity contribution in [2.24, 2.45) is 5.41 Å². The van der Waals surface area contributed by atoms with Gasteiger partial charge in [0.25, 0.3) is 0 Å². The van der Waals surface area contributed by atoms with Gasteiger partial charge in [-0.15, -0.1) is 0 Å². The van der Waals surface area contributed by atoms with Crippen LogP contribution in [0.5, 0.6) is 5.88 Å². The third kappa shape index (κ3) is 3.54. The highest BCUT2D eigenvalue weighted by atomic mass is 16.5. The zero-order chi connectivity index (χ0) is 18.9. The zero-order valence-corrected chi connectivity index (χ0v) is 15.9. The van der Waals surface area contributed by atoms with Gasteiger partial charge in [0.05, 0.1) is 16.8 Å². The molecule has 0 amide bonds. The largest absolute Gasteiger partial charge is 0.407 e. The molecule has 3 aromatic rings. The van der Waals surface area contributed by atoms with E-state index in [1.807, 2.05) is 76.2 Å². The Bertz CT molecular complexity index is 935. The Balaban J connectivity index is 2.13. The molecule has 0 unspecified atom stereocenters. The van der Waals surface area contributed by atoms with Gasteiger partial charge in [-0.25, -0.2) is 0 Å². The first-order valence-electron chi connectivity index (χ1n) is 8.72. The molecule has 3 rings (SSSR count). The van der Waals surface area contributed by atoms with E-state index in [-0.39, 0.29) is 5.97 Å². The minimum atomic E-state index is -0.594. The molecule has 0 fully saturated rings. The van der Waals surface area contributed by atoms with Gasteiger partial charge in [0.15, 0.2) is 0 Å². The predicted molar refractivity (Wildman–Crippen MR) is 104 cm³/mol. The fourth-order valence-electron chi connectivity index (χ4n) is 2.57. The third-order valence-electron chi connectivity index (χ3n) is 4.36. The summed E-state index contributed by atoms with van der Waals surface area (Å²) >= 11 is 0. The molecule has 4 heteroatoms. The summed E-state index contributed by atoms with van der Waals surface area (Å²) < 4.78 is 7.44. The van der Waals surface area contributed by atoms with Gasteiger partial charge in [0.1, 0.15) is 0 Å². The minimum Gasteiger partial charge on any atom is -0.407 e. The molecule has 134 valence electrons. The first kappa shape index (κ1) is 17.9. The summed E-state index contributed by atoms with van der Waals surface area (Å²) in [5.41, 5.74) is 4.32. The lowest BCUT2D eigenvalue weighted by Gasteiger charge is -2.17. The number of esters is 1. The number of aromatic nitrogens is 2. The van der Waals surface area contributed by atoms with Crippen LogP contribution in [0.2, 0.25) is 0 Å². The number of aryl methyl sites for hydroxylation is 1. The Labute approximate surface area is 154 Å². The van der Waals surface area contributed by atoms with Crippen molar-refractivity contribution in [3.05, 3.63) is 65.7 Å². The van der Waals surface area contributed by atoms with Crippen LogP contribution >= 0.6 is 0 Å². The summed E-state index contributed by atoms with van der Waals surface area (Å²) in [4.78, 5) is 12.5. The maximum absolute atomic E-state index is 12.5. The van der Waals surface area contributed by atoms with Crippen LogP contribution in [0.1, 0.15) is 31.9 Å². The Morgan fingerprint density at radius 3 is 2.35 bits per heavy atom. The van der Waals surface area contributed by atoms with E-state index in [0.717, 1.165) is 28.1 Å². The Kier molecular flexibility index (Phi) is 4.68. The van der Waals surface area contributed by atoms with E-state index < -0.39 is 5.41 Å². The average molecular weight is 348 g/mol. The van der Waals surface area contributed by atoms with Gasteiger partial charge in [-0.2, -0.15) is 9.78 Å². The van der Waals surface area contributed by atoms with E-state index in [9.17, 15) is 4.79 Å². The molecule has 1 aromatic heterocycles. The lowest BCUT2D eigenvalue weighted by Crippen LogP contribution is -2.26. The van der Waals surface area contributed by atoms with Crippen LogP contribution in [0.25, 0.3) is 16.9 Å². The van der Waals surface area contributed by atoms with Crippen molar-refractivity contribution in [2.75, 3.05) is 0 Å². The maximum Gasteiger partial charge on any atom is 0.317 e. The first-order chi connectivity index (χ1) is 12.3. The number of carbonyl (C=O) groups excluding carboxylic acids is 1. The molecule has 0 bridgehead atoms. The quantitative estimate of drug-likeness (QED) is 0.618. The van der Waals surface area contributed by atoms with E-state index in [4.69, 9.17) is 9.84 Å². The molecule has 0 saturated carbocycles. The summed E-state index contributed by atoms with van der Waals surface area (Å²) in [5.74, 6) is 0.140. The molecule has 0 aliphatic carbocycles. The maximum atomic E-state index is 12.5. The van der Waals surface area contributed by atoms with Crippen LogP contribution in [-0.2, 0) is 4.79 Å². The molecule has 26 heavy (non-hydrogen) atoms. The fourth-order valence-corrected chi connectivity index (χ4v) is 2.57. The van der Waals surface area contributed by atoms with Gasteiger partial charge >= 0.3 is 5.97 Å². The lowest BCUT2D eigenvalue weighted by atomic mass is 9.97. The SMILES string of the molecule is Cc1cccc(-n2nc(-c3ccccc3)cc2OC(=O)C(C)(C)C)c1C. The summed E-state index contributed by atoms with van der Waals surface area (Å²) in [6.45, 7) is 9.62. The number of nitrogens with zero attached hydrogens (tertiary/aromatic N) is 2. The molecule has 4 nitrogen and oxygen atoms in total. The van der Waals surface area contributed by atoms with Crippen LogP contribution in [0.15, 0.2) is 54.6 Å². The molecule has 0 N–H and O–H groups in total. The van der Waals surface area contributed by atoms with Crippen molar-refractivity contribution in [2.45, 2.75) is 34.6 Å². The summed E-state index contributed by atoms with van der Waals surface area (Å²) in [6, 6.07) is 17.7. The highest BCUT2D eigenvalue weighted by Gasteiger charge is 2.26. The van der Waals surface area contributed by atoms with E-state index in [1.165, 1.54) is 0 Å². The van der Waals surface area contributed by atoms with E-state index in [2.05, 4.69) is 13.0 Å². The second kappa shape index (κ2) is 6.79. The topological polar surface area (TPSA) is 44.1 Å². The minimum absolute atomic E-state index is 0.288. The molecule has 0 spiro atoms. The van der Waals surface area contributed by atoms with Gasteiger partial charge in [0.2, 0.25) is 5.88 Å². The zero-order valence-electron chi connectivity index (χ0n) is 15.9. The number of carbonyl (C=O) groups is 1. The first-order valence-corrected chi connectivity index (χ1v) is 8.72. The highest BCUT2D eigenvalue weighted by molar-refractivity contribution is 5.78. The number of hydrogen-bond donors (Lipinski definition) is 0. The normalized spacial score (nSPS) is 11.4. The van der Waals surface area contributed by atoms with Gasteiger partial charge in [-0.3, -0.25) is 4.79 Å². The third-order valence-corrected chi connectivity index (χ3v) is 4.36. The highest BCUT2D eigenvalue weighted by Crippen LogP contribution is 2.30. The number of hydrogen-bond acceptors (Lipinski definition) is 3. The van der Waals surface area contributed by atoms with Gasteiger partial charge in [0, 0.05) is 11.6 Å². The average Bonchev–Trinajstić information content (AvgIpc) is 3.01. The molecule has 0 atom stereocenters. The molecule has 1 heterocycles. The predicted octanol–water partition coefficient (Wildman–Crippen LogP) is 5.11. The molecular weight excluding hydrogens is 324 g/mol. The molecular formula is C22H24N2O2. The number of rotatable bonds is 3. The van der Waals surface area contributed by atoms with Gasteiger partial charge < -0.3 is 4.74 Å². The molecule has 0 aliphatic heterocycles. The van der Waals surface area contributed by atoms with Crippen LogP contribution in [0, 0.1) is 19.3 Å². The Hall–Kier alpha value is -2.88. The van der Waals surface area contributed by atoms with Gasteiger partial charge in [-0.1, -0.05) is 42.5 Å². The van der Waals surface area contributed by atoms with Crippen LogP contribution < -0.4 is 4.74 Å². The van der Waals surface area contributed by atoms with Crippen molar-refractivity contribution >= 4 is 5.97 Å². The fraction of sp³-hybridized carbons (Fsp3) is 0.273. The summed E-state index contributed by atoms with van der Waals surface area (Å²) in [5, 5.41) is 4.73. The standard InChI is InChI=1S/C22H24N2O2/c1-15-10-9-13-19(16(15)2)24-20(26-21(25)22(3,4)5)14-18(23-24)17-11-7-6-8-12-17/h6-14H,1-5H3. The van der Waals surface area contributed by atoms with Crippen molar-refractivity contribution < 1.29 is 9.53 Å². The monoisotopic (exact) mass is 348 g/mol. The molecule has 0 aliphatic rings. The second-order valence-electron chi connectivity index (χ2n) is 7.50. The molecule has 2 aromatic carbocycles. The van der Waals surface area contributed by atoms with Crippen molar-refractivity contribution in [1.29, 1.82) is 0 Å². The van der Waals surface area contributed by atoms with E-state index in [0.29, 0.717) is 5.88 Å². The van der Waals surface area contributed by atoms with Crippen molar-refractivity contribution in [3.8, 4) is 22.8 Å². The number of ether oxygens (including phenoxy) is 1. The second-order valence-corrected chi connectivity index (χ2v) is 7.50.